The van der Waals surface area contributed by atoms with Gasteiger partial charge >= 0.3 is 0 Å². The highest BCUT2D eigenvalue weighted by atomic mass is 32.2. The van der Waals surface area contributed by atoms with E-state index in [1.54, 1.807) is 0 Å². The number of nitrogens with one attached hydrogen (secondary N) is 2. The lowest BCUT2D eigenvalue weighted by atomic mass is 10.1. The molecule has 4 rings (SSSR count). The number of sulfonamides is 1. The van der Waals surface area contributed by atoms with Crippen LogP contribution in [0.5, 0.6) is 0 Å². The number of carbonyl (C=O) groups is 1. The van der Waals surface area contributed by atoms with Gasteiger partial charge in [-0.2, -0.15) is 0 Å². The van der Waals surface area contributed by atoms with E-state index >= 15 is 0 Å². The molecular weight excluding hydrogens is 364 g/mol. The molecule has 3 aromatic rings. The first kappa shape index (κ1) is 17.8. The molecule has 1 aliphatic carbocycles. The molecule has 0 spiro atoms. The van der Waals surface area contributed by atoms with E-state index in [2.05, 4.69) is 10.0 Å². The van der Waals surface area contributed by atoms with Crippen LogP contribution in [0.3, 0.4) is 0 Å². The molecule has 0 saturated heterocycles. The topological polar surface area (TPSA) is 88.4 Å². The van der Waals surface area contributed by atoms with Crippen molar-refractivity contribution in [1.82, 2.24) is 10.0 Å². The first-order valence-electron chi connectivity index (χ1n) is 8.84. The van der Waals surface area contributed by atoms with E-state index in [0.717, 1.165) is 23.8 Å². The van der Waals surface area contributed by atoms with E-state index < -0.39 is 10.0 Å². The zero-order valence-electron chi connectivity index (χ0n) is 14.8. The van der Waals surface area contributed by atoms with Crippen molar-refractivity contribution in [2.45, 2.75) is 36.7 Å². The maximum Gasteiger partial charge on any atom is 0.251 e. The Kier molecular flexibility index (Phi) is 4.49. The van der Waals surface area contributed by atoms with Crippen LogP contribution in [0.15, 0.2) is 63.9 Å². The van der Waals surface area contributed by atoms with E-state index in [0.29, 0.717) is 11.3 Å². The SMILES string of the molecule is C[C@@H](NC(=O)c1ccc(S(=O)(=O)NC2CC2)cc1)c1cc2ccccc2o1. The predicted octanol–water partition coefficient (Wildman–Crippen LogP) is 3.36. The first-order chi connectivity index (χ1) is 12.9. The van der Waals surface area contributed by atoms with Crippen molar-refractivity contribution in [1.29, 1.82) is 0 Å². The molecule has 1 heterocycles. The minimum Gasteiger partial charge on any atom is -0.459 e. The van der Waals surface area contributed by atoms with Crippen molar-refractivity contribution in [3.63, 3.8) is 0 Å². The van der Waals surface area contributed by atoms with Gasteiger partial charge in [-0.25, -0.2) is 13.1 Å². The average Bonchev–Trinajstić information content (AvgIpc) is 3.34. The lowest BCUT2D eigenvalue weighted by Crippen LogP contribution is -2.27. The highest BCUT2D eigenvalue weighted by Crippen LogP contribution is 2.24. The van der Waals surface area contributed by atoms with Gasteiger partial charge in [-0.15, -0.1) is 0 Å². The lowest BCUT2D eigenvalue weighted by Gasteiger charge is -2.12. The van der Waals surface area contributed by atoms with Crippen LogP contribution in [0.2, 0.25) is 0 Å². The van der Waals surface area contributed by atoms with Crippen LogP contribution in [0.1, 0.15) is 41.9 Å². The zero-order chi connectivity index (χ0) is 19.0. The third-order valence-electron chi connectivity index (χ3n) is 4.54. The third-order valence-corrected chi connectivity index (χ3v) is 6.08. The van der Waals surface area contributed by atoms with Crippen molar-refractivity contribution in [3.05, 3.63) is 65.9 Å². The molecule has 6 nitrogen and oxygen atoms in total. The molecule has 140 valence electrons. The summed E-state index contributed by atoms with van der Waals surface area (Å²) in [6.07, 6.45) is 1.75. The highest BCUT2D eigenvalue weighted by molar-refractivity contribution is 7.89. The average molecular weight is 384 g/mol. The monoisotopic (exact) mass is 384 g/mol. The molecule has 1 saturated carbocycles. The molecule has 0 aliphatic heterocycles. The van der Waals surface area contributed by atoms with Crippen LogP contribution in [-0.4, -0.2) is 20.4 Å². The van der Waals surface area contributed by atoms with Crippen molar-refractivity contribution in [2.24, 2.45) is 0 Å². The molecule has 27 heavy (non-hydrogen) atoms. The third kappa shape index (κ3) is 3.89. The fourth-order valence-corrected chi connectivity index (χ4v) is 4.15. The fraction of sp³-hybridized carbons (Fsp3) is 0.250. The predicted molar refractivity (Wildman–Crippen MR) is 102 cm³/mol. The summed E-state index contributed by atoms with van der Waals surface area (Å²) < 4.78 is 32.8. The second kappa shape index (κ2) is 6.83. The van der Waals surface area contributed by atoms with Crippen molar-refractivity contribution in [2.75, 3.05) is 0 Å². The van der Waals surface area contributed by atoms with Crippen LogP contribution in [0, 0.1) is 0 Å². The summed E-state index contributed by atoms with van der Waals surface area (Å²) in [5.74, 6) is 0.374. The number of benzene rings is 2. The Morgan fingerprint density at radius 1 is 1.11 bits per heavy atom. The second-order valence-corrected chi connectivity index (χ2v) is 8.52. The minimum atomic E-state index is -3.52. The standard InChI is InChI=1S/C20H20N2O4S/c1-13(19-12-15-4-2-3-5-18(15)26-19)21-20(23)14-6-10-17(11-7-14)27(24,25)22-16-8-9-16/h2-7,10-13,16,22H,8-9H2,1H3,(H,21,23)/t13-/m1/s1. The smallest absolute Gasteiger partial charge is 0.251 e. The number of fused-ring (bicyclic) bond motifs is 1. The van der Waals surface area contributed by atoms with Crippen molar-refractivity contribution >= 4 is 26.9 Å². The summed E-state index contributed by atoms with van der Waals surface area (Å²) >= 11 is 0. The number of para-hydroxylation sites is 1. The molecular formula is C20H20N2O4S. The van der Waals surface area contributed by atoms with Crippen molar-refractivity contribution in [3.8, 4) is 0 Å². The van der Waals surface area contributed by atoms with Gasteiger partial charge in [-0.3, -0.25) is 4.79 Å². The van der Waals surface area contributed by atoms with Crippen molar-refractivity contribution < 1.29 is 17.6 Å². The Hall–Kier alpha value is -2.64. The van der Waals surface area contributed by atoms with Gasteiger partial charge in [-0.1, -0.05) is 18.2 Å². The number of rotatable bonds is 6. The maximum atomic E-state index is 12.5. The quantitative estimate of drug-likeness (QED) is 0.682. The molecule has 0 unspecified atom stereocenters. The molecule has 1 aliphatic rings. The van der Waals surface area contributed by atoms with Gasteiger partial charge < -0.3 is 9.73 Å². The molecule has 1 aromatic heterocycles. The van der Waals surface area contributed by atoms with Crippen LogP contribution in [-0.2, 0) is 10.0 Å². The van der Waals surface area contributed by atoms with Gasteiger partial charge in [0, 0.05) is 17.0 Å². The lowest BCUT2D eigenvalue weighted by molar-refractivity contribution is 0.0935. The number of hydrogen-bond acceptors (Lipinski definition) is 4. The Bertz CT molecular complexity index is 1050. The molecule has 7 heteroatoms. The molecule has 1 fully saturated rings. The Labute approximate surface area is 157 Å². The summed E-state index contributed by atoms with van der Waals surface area (Å²) in [5.41, 5.74) is 1.16. The van der Waals surface area contributed by atoms with Gasteiger partial charge in [0.15, 0.2) is 0 Å². The maximum absolute atomic E-state index is 12.5. The van der Waals surface area contributed by atoms with E-state index in [9.17, 15) is 13.2 Å². The molecule has 1 atom stereocenters. The van der Waals surface area contributed by atoms with Crippen LogP contribution < -0.4 is 10.0 Å². The van der Waals surface area contributed by atoms with Gasteiger partial charge in [0.25, 0.3) is 5.91 Å². The Balaban J connectivity index is 1.45. The van der Waals surface area contributed by atoms with E-state index in [1.807, 2.05) is 37.3 Å². The Morgan fingerprint density at radius 2 is 1.81 bits per heavy atom. The molecule has 2 aromatic carbocycles. The zero-order valence-corrected chi connectivity index (χ0v) is 15.6. The fourth-order valence-electron chi connectivity index (χ4n) is 2.84. The first-order valence-corrected chi connectivity index (χ1v) is 10.3. The van der Waals surface area contributed by atoms with Crippen LogP contribution in [0.25, 0.3) is 11.0 Å². The second-order valence-electron chi connectivity index (χ2n) is 6.80. The summed E-state index contributed by atoms with van der Waals surface area (Å²) in [4.78, 5) is 12.6. The normalized spacial score (nSPS) is 15.6. The van der Waals surface area contributed by atoms with Gasteiger partial charge in [0.1, 0.15) is 11.3 Å². The molecule has 2 N–H and O–H groups in total. The number of carbonyl (C=O) groups excluding carboxylic acids is 1. The van der Waals surface area contributed by atoms with Gasteiger partial charge in [-0.05, 0) is 56.2 Å². The summed E-state index contributed by atoms with van der Waals surface area (Å²) in [6, 6.07) is 15.2. The summed E-state index contributed by atoms with van der Waals surface area (Å²) in [7, 11) is -3.52. The number of furan rings is 1. The number of amides is 1. The summed E-state index contributed by atoms with van der Waals surface area (Å²) in [5, 5.41) is 3.85. The van der Waals surface area contributed by atoms with Crippen LogP contribution in [0.4, 0.5) is 0 Å². The minimum absolute atomic E-state index is 0.0441. The van der Waals surface area contributed by atoms with Gasteiger partial charge in [0.2, 0.25) is 10.0 Å². The highest BCUT2D eigenvalue weighted by Gasteiger charge is 2.28. The van der Waals surface area contributed by atoms with E-state index in [1.165, 1.54) is 24.3 Å². The van der Waals surface area contributed by atoms with E-state index in [-0.39, 0.29) is 22.9 Å². The van der Waals surface area contributed by atoms with E-state index in [4.69, 9.17) is 4.42 Å². The number of hydrogen-bond donors (Lipinski definition) is 2. The summed E-state index contributed by atoms with van der Waals surface area (Å²) in [6.45, 7) is 1.84. The molecule has 0 bridgehead atoms. The van der Waals surface area contributed by atoms with Gasteiger partial charge in [0.05, 0.1) is 10.9 Å². The molecule has 1 amide bonds. The Morgan fingerprint density at radius 3 is 2.48 bits per heavy atom. The largest absolute Gasteiger partial charge is 0.459 e. The van der Waals surface area contributed by atoms with Crippen LogP contribution >= 0.6 is 0 Å². The molecule has 0 radical (unpaired) electrons.